The van der Waals surface area contributed by atoms with Crippen LogP contribution in [0, 0.1) is 5.82 Å². The Morgan fingerprint density at radius 2 is 1.82 bits per heavy atom. The molecule has 0 radical (unpaired) electrons. The molecular weight excluding hydrogens is 527 g/mol. The molecule has 1 aliphatic rings. The molecule has 0 N–H and O–H groups in total. The van der Waals surface area contributed by atoms with E-state index in [1.54, 1.807) is 23.1 Å². The van der Waals surface area contributed by atoms with Crippen LogP contribution in [0.2, 0.25) is 0 Å². The molecule has 1 saturated heterocycles. The quantitative estimate of drug-likeness (QED) is 0.321. The molecular formula is C27H35FN4O4S2. The summed E-state index contributed by atoms with van der Waals surface area (Å²) >= 11 is 1.27. The summed E-state index contributed by atoms with van der Waals surface area (Å²) in [6.45, 7) is 9.06. The lowest BCUT2D eigenvalue weighted by atomic mass is 10.2. The number of aromatic nitrogens is 1. The smallest absolute Gasteiger partial charge is 0.260 e. The monoisotopic (exact) mass is 562 g/mol. The van der Waals surface area contributed by atoms with Gasteiger partial charge >= 0.3 is 0 Å². The fraction of sp³-hybridized carbons (Fsp3) is 0.481. The van der Waals surface area contributed by atoms with Gasteiger partial charge in [0.05, 0.1) is 28.3 Å². The second-order valence-corrected chi connectivity index (χ2v) is 12.2. The van der Waals surface area contributed by atoms with Gasteiger partial charge in [-0.1, -0.05) is 31.6 Å². The molecule has 0 spiro atoms. The summed E-state index contributed by atoms with van der Waals surface area (Å²) in [6.07, 6.45) is 2.42. The van der Waals surface area contributed by atoms with Crippen LogP contribution in [-0.2, 0) is 14.8 Å². The van der Waals surface area contributed by atoms with E-state index in [1.165, 1.54) is 39.9 Å². The first-order chi connectivity index (χ1) is 18.3. The number of ether oxygens (including phenoxy) is 1. The van der Waals surface area contributed by atoms with Crippen LogP contribution in [0.5, 0.6) is 0 Å². The third-order valence-electron chi connectivity index (χ3n) is 6.63. The highest BCUT2D eigenvalue weighted by atomic mass is 32.2. The number of anilines is 1. The third-order valence-corrected chi connectivity index (χ3v) is 9.66. The van der Waals surface area contributed by atoms with Crippen LogP contribution in [0.15, 0.2) is 47.4 Å². The molecule has 3 aromatic rings. The largest absolute Gasteiger partial charge is 0.379 e. The van der Waals surface area contributed by atoms with E-state index in [4.69, 9.17) is 4.74 Å². The summed E-state index contributed by atoms with van der Waals surface area (Å²) in [5.41, 5.74) is 1.00. The van der Waals surface area contributed by atoms with Gasteiger partial charge in [0.1, 0.15) is 5.82 Å². The van der Waals surface area contributed by atoms with Crippen LogP contribution in [0.3, 0.4) is 0 Å². The summed E-state index contributed by atoms with van der Waals surface area (Å²) in [6, 6.07) is 10.5. The number of carbonyl (C=O) groups excluding carboxylic acids is 1. The van der Waals surface area contributed by atoms with Crippen molar-refractivity contribution in [2.24, 2.45) is 0 Å². The maximum Gasteiger partial charge on any atom is 0.260 e. The molecule has 4 rings (SSSR count). The maximum atomic E-state index is 13.8. The van der Waals surface area contributed by atoms with Gasteiger partial charge < -0.3 is 4.74 Å². The van der Waals surface area contributed by atoms with E-state index >= 15 is 0 Å². The lowest BCUT2D eigenvalue weighted by Crippen LogP contribution is -2.39. The van der Waals surface area contributed by atoms with Crippen molar-refractivity contribution in [2.45, 2.75) is 38.0 Å². The molecule has 2 heterocycles. The zero-order valence-electron chi connectivity index (χ0n) is 21.9. The lowest BCUT2D eigenvalue weighted by molar-refractivity contribution is 0.0376. The molecule has 2 aromatic carbocycles. The number of thiazole rings is 1. The lowest BCUT2D eigenvalue weighted by Gasteiger charge is -2.27. The van der Waals surface area contributed by atoms with E-state index in [1.807, 2.05) is 13.8 Å². The minimum atomic E-state index is -3.64. The summed E-state index contributed by atoms with van der Waals surface area (Å²) in [7, 11) is -3.64. The van der Waals surface area contributed by atoms with Gasteiger partial charge in [-0.3, -0.25) is 14.6 Å². The molecule has 38 heavy (non-hydrogen) atoms. The molecule has 11 heteroatoms. The first-order valence-corrected chi connectivity index (χ1v) is 15.4. The molecule has 0 unspecified atom stereocenters. The van der Waals surface area contributed by atoms with Gasteiger partial charge in [-0.25, -0.2) is 17.8 Å². The highest BCUT2D eigenvalue weighted by Gasteiger charge is 2.25. The third kappa shape index (κ3) is 6.76. The Morgan fingerprint density at radius 3 is 2.50 bits per heavy atom. The number of morpholine rings is 1. The van der Waals surface area contributed by atoms with Crippen molar-refractivity contribution >= 4 is 42.6 Å². The van der Waals surface area contributed by atoms with Crippen molar-refractivity contribution in [3.63, 3.8) is 0 Å². The van der Waals surface area contributed by atoms with E-state index in [0.717, 1.165) is 38.9 Å². The molecule has 1 amide bonds. The number of hydrogen-bond acceptors (Lipinski definition) is 7. The second kappa shape index (κ2) is 13.1. The number of halogens is 1. The van der Waals surface area contributed by atoms with Crippen molar-refractivity contribution < 1.29 is 22.3 Å². The van der Waals surface area contributed by atoms with Crippen LogP contribution in [-0.4, -0.2) is 81.0 Å². The van der Waals surface area contributed by atoms with Gasteiger partial charge in [0.15, 0.2) is 5.13 Å². The average molecular weight is 563 g/mol. The Balaban J connectivity index is 1.56. The summed E-state index contributed by atoms with van der Waals surface area (Å²) in [5, 5.41) is 0.492. The first-order valence-electron chi connectivity index (χ1n) is 13.1. The normalized spacial score (nSPS) is 14.8. The Labute approximate surface area is 228 Å². The predicted molar refractivity (Wildman–Crippen MR) is 149 cm³/mol. The molecule has 0 saturated carbocycles. The molecule has 0 bridgehead atoms. The molecule has 0 aliphatic carbocycles. The minimum Gasteiger partial charge on any atom is -0.379 e. The number of amides is 1. The van der Waals surface area contributed by atoms with E-state index < -0.39 is 10.0 Å². The standard InChI is InChI=1S/C27H35FN4O4S2/c1-3-5-14-31(4-2)38(34,35)23-10-7-21(8-11-23)26(33)32(15-6-13-30-16-18-36-19-17-30)27-29-24-12-9-22(28)20-25(24)37-27/h7-12,20H,3-6,13-19H2,1-2H3. The molecule has 1 aromatic heterocycles. The van der Waals surface area contributed by atoms with E-state index in [-0.39, 0.29) is 16.6 Å². The summed E-state index contributed by atoms with van der Waals surface area (Å²) in [5.74, 6) is -0.622. The van der Waals surface area contributed by atoms with E-state index in [9.17, 15) is 17.6 Å². The number of unbranched alkanes of at least 4 members (excludes halogenated alkanes) is 1. The number of carbonyl (C=O) groups is 1. The van der Waals surface area contributed by atoms with Crippen molar-refractivity contribution in [2.75, 3.05) is 57.4 Å². The van der Waals surface area contributed by atoms with Crippen LogP contribution >= 0.6 is 11.3 Å². The fourth-order valence-corrected chi connectivity index (χ4v) is 6.92. The van der Waals surface area contributed by atoms with Crippen molar-refractivity contribution in [1.29, 1.82) is 0 Å². The minimum absolute atomic E-state index is 0.168. The van der Waals surface area contributed by atoms with Gasteiger partial charge in [0, 0.05) is 44.8 Å². The average Bonchev–Trinajstić information content (AvgIpc) is 3.34. The van der Waals surface area contributed by atoms with Gasteiger partial charge in [0.2, 0.25) is 10.0 Å². The Bertz CT molecular complexity index is 1320. The number of fused-ring (bicyclic) bond motifs is 1. The van der Waals surface area contributed by atoms with Gasteiger partial charge in [-0.2, -0.15) is 4.31 Å². The maximum absolute atomic E-state index is 13.8. The highest BCUT2D eigenvalue weighted by Crippen LogP contribution is 2.31. The second-order valence-electron chi connectivity index (χ2n) is 9.25. The Morgan fingerprint density at radius 1 is 1.08 bits per heavy atom. The topological polar surface area (TPSA) is 83.1 Å². The van der Waals surface area contributed by atoms with Gasteiger partial charge in [0.25, 0.3) is 5.91 Å². The number of nitrogens with zero attached hydrogens (tertiary/aromatic N) is 4. The van der Waals surface area contributed by atoms with Gasteiger partial charge in [-0.15, -0.1) is 0 Å². The number of rotatable bonds is 12. The Hall–Kier alpha value is -2.44. The van der Waals surface area contributed by atoms with Crippen molar-refractivity contribution in [3.05, 3.63) is 53.8 Å². The molecule has 1 fully saturated rings. The van der Waals surface area contributed by atoms with Crippen LogP contribution in [0.4, 0.5) is 9.52 Å². The number of benzene rings is 2. The van der Waals surface area contributed by atoms with Crippen LogP contribution in [0.1, 0.15) is 43.5 Å². The van der Waals surface area contributed by atoms with Gasteiger partial charge in [-0.05, 0) is 55.3 Å². The summed E-state index contributed by atoms with van der Waals surface area (Å²) in [4.78, 5) is 22.4. The fourth-order valence-electron chi connectivity index (χ4n) is 4.42. The van der Waals surface area contributed by atoms with E-state index in [2.05, 4.69) is 9.88 Å². The molecule has 8 nitrogen and oxygen atoms in total. The van der Waals surface area contributed by atoms with Crippen molar-refractivity contribution in [3.8, 4) is 0 Å². The SMILES string of the molecule is CCCCN(CC)S(=O)(=O)c1ccc(C(=O)N(CCCN2CCOCC2)c2nc3ccc(F)cc3s2)cc1. The highest BCUT2D eigenvalue weighted by molar-refractivity contribution is 7.89. The van der Waals surface area contributed by atoms with Crippen molar-refractivity contribution in [1.82, 2.24) is 14.2 Å². The molecule has 1 aliphatic heterocycles. The van der Waals surface area contributed by atoms with Crippen LogP contribution < -0.4 is 4.90 Å². The first kappa shape index (κ1) is 28.6. The molecule has 0 atom stereocenters. The van der Waals surface area contributed by atoms with E-state index in [0.29, 0.717) is 53.8 Å². The van der Waals surface area contributed by atoms with Crippen LogP contribution in [0.25, 0.3) is 10.2 Å². The Kier molecular flexibility index (Phi) is 9.83. The predicted octanol–water partition coefficient (Wildman–Crippen LogP) is 4.62. The summed E-state index contributed by atoms with van der Waals surface area (Å²) < 4.78 is 47.5. The zero-order chi connectivity index (χ0) is 27.1. The zero-order valence-corrected chi connectivity index (χ0v) is 23.6. The number of sulfonamides is 1. The number of hydrogen-bond donors (Lipinski definition) is 0. The molecule has 206 valence electrons.